The molecule has 1 N–H and O–H groups in total. The number of hydrogen-bond donors (Lipinski definition) is 1. The van der Waals surface area contributed by atoms with E-state index >= 15 is 0 Å². The standard InChI is InChI=1S/C19H20N4O2/c1-14-16(10-7-12-20-14)21-18(24)19(2,3)25-17-11-13-23(22-17)15-8-5-4-6-9-15/h4-13H,1-3H3,(H,21,24). The average Bonchev–Trinajstić information content (AvgIpc) is 3.05. The third-order valence-electron chi connectivity index (χ3n) is 3.75. The van der Waals surface area contributed by atoms with E-state index in [-0.39, 0.29) is 5.91 Å². The smallest absolute Gasteiger partial charge is 0.268 e. The zero-order valence-electron chi connectivity index (χ0n) is 14.4. The second-order valence-corrected chi connectivity index (χ2v) is 6.14. The van der Waals surface area contributed by atoms with Gasteiger partial charge in [0.2, 0.25) is 5.88 Å². The van der Waals surface area contributed by atoms with E-state index in [0.29, 0.717) is 11.6 Å². The lowest BCUT2D eigenvalue weighted by molar-refractivity contribution is -0.128. The van der Waals surface area contributed by atoms with Crippen molar-refractivity contribution in [2.75, 3.05) is 5.32 Å². The molecule has 0 aliphatic rings. The number of benzene rings is 1. The molecule has 1 aromatic carbocycles. The van der Waals surface area contributed by atoms with E-state index in [9.17, 15) is 4.79 Å². The van der Waals surface area contributed by atoms with Gasteiger partial charge in [0.1, 0.15) is 0 Å². The average molecular weight is 336 g/mol. The Kier molecular flexibility index (Phi) is 4.52. The molecule has 2 aromatic heterocycles. The Balaban J connectivity index is 1.72. The van der Waals surface area contributed by atoms with Gasteiger partial charge in [-0.2, -0.15) is 0 Å². The Morgan fingerprint density at radius 1 is 1.12 bits per heavy atom. The van der Waals surface area contributed by atoms with E-state index < -0.39 is 5.60 Å². The van der Waals surface area contributed by atoms with Crippen molar-refractivity contribution in [3.63, 3.8) is 0 Å². The monoisotopic (exact) mass is 336 g/mol. The van der Waals surface area contributed by atoms with Crippen molar-refractivity contribution in [3.8, 4) is 11.6 Å². The number of anilines is 1. The summed E-state index contributed by atoms with van der Waals surface area (Å²) in [6.07, 6.45) is 3.48. The second-order valence-electron chi connectivity index (χ2n) is 6.14. The fraction of sp³-hybridized carbons (Fsp3) is 0.211. The first-order valence-corrected chi connectivity index (χ1v) is 7.99. The van der Waals surface area contributed by atoms with Gasteiger partial charge in [-0.15, -0.1) is 5.10 Å². The Bertz CT molecular complexity index is 872. The molecule has 0 fully saturated rings. The quantitative estimate of drug-likeness (QED) is 0.775. The summed E-state index contributed by atoms with van der Waals surface area (Å²) >= 11 is 0. The Morgan fingerprint density at radius 3 is 2.60 bits per heavy atom. The maximum atomic E-state index is 12.6. The van der Waals surface area contributed by atoms with Gasteiger partial charge in [-0.05, 0) is 45.0 Å². The van der Waals surface area contributed by atoms with Gasteiger partial charge in [0.25, 0.3) is 5.91 Å². The topological polar surface area (TPSA) is 69.0 Å². The van der Waals surface area contributed by atoms with Gasteiger partial charge in [-0.25, -0.2) is 4.68 Å². The normalized spacial score (nSPS) is 11.2. The van der Waals surface area contributed by atoms with Crippen LogP contribution >= 0.6 is 0 Å². The van der Waals surface area contributed by atoms with Crippen LogP contribution < -0.4 is 10.1 Å². The molecule has 0 saturated carbocycles. The van der Waals surface area contributed by atoms with Gasteiger partial charge in [0.15, 0.2) is 5.60 Å². The molecule has 0 aliphatic carbocycles. The lowest BCUT2D eigenvalue weighted by atomic mass is 10.1. The maximum Gasteiger partial charge on any atom is 0.268 e. The molecule has 6 heteroatoms. The largest absolute Gasteiger partial charge is 0.460 e. The summed E-state index contributed by atoms with van der Waals surface area (Å²) in [6.45, 7) is 5.25. The van der Waals surface area contributed by atoms with Gasteiger partial charge in [0.05, 0.1) is 17.1 Å². The van der Waals surface area contributed by atoms with Crippen molar-refractivity contribution in [2.24, 2.45) is 0 Å². The Labute approximate surface area is 146 Å². The second kappa shape index (κ2) is 6.76. The van der Waals surface area contributed by atoms with Gasteiger partial charge in [-0.1, -0.05) is 18.2 Å². The van der Waals surface area contributed by atoms with E-state index in [1.807, 2.05) is 37.3 Å². The van der Waals surface area contributed by atoms with Crippen LogP contribution in [-0.4, -0.2) is 26.3 Å². The summed E-state index contributed by atoms with van der Waals surface area (Å²) in [5.74, 6) is 0.116. The predicted molar refractivity (Wildman–Crippen MR) is 95.9 cm³/mol. The van der Waals surface area contributed by atoms with Crippen LogP contribution in [0, 0.1) is 6.92 Å². The van der Waals surface area contributed by atoms with Crippen molar-refractivity contribution < 1.29 is 9.53 Å². The number of carbonyl (C=O) groups is 1. The van der Waals surface area contributed by atoms with Crippen molar-refractivity contribution in [3.05, 3.63) is 66.6 Å². The highest BCUT2D eigenvalue weighted by Gasteiger charge is 2.31. The van der Waals surface area contributed by atoms with Gasteiger partial charge in [0, 0.05) is 18.5 Å². The number of para-hydroxylation sites is 1. The summed E-state index contributed by atoms with van der Waals surface area (Å²) in [6, 6.07) is 15.0. The Hall–Kier alpha value is -3.15. The molecule has 25 heavy (non-hydrogen) atoms. The molecular weight excluding hydrogens is 316 g/mol. The lowest BCUT2D eigenvalue weighted by Gasteiger charge is -2.24. The molecule has 128 valence electrons. The van der Waals surface area contributed by atoms with Crippen LogP contribution in [0.3, 0.4) is 0 Å². The van der Waals surface area contributed by atoms with Crippen LogP contribution in [0.25, 0.3) is 5.69 Å². The minimum Gasteiger partial charge on any atom is -0.460 e. The molecule has 0 aliphatic heterocycles. The fourth-order valence-corrected chi connectivity index (χ4v) is 2.28. The highest BCUT2D eigenvalue weighted by molar-refractivity contribution is 5.97. The number of ether oxygens (including phenoxy) is 1. The van der Waals surface area contributed by atoms with E-state index in [1.165, 1.54) is 0 Å². The molecule has 0 saturated heterocycles. The van der Waals surface area contributed by atoms with E-state index in [1.54, 1.807) is 49.1 Å². The summed E-state index contributed by atoms with van der Waals surface area (Å²) in [4.78, 5) is 16.7. The van der Waals surface area contributed by atoms with Crippen molar-refractivity contribution >= 4 is 11.6 Å². The molecule has 0 radical (unpaired) electrons. The molecule has 0 spiro atoms. The lowest BCUT2D eigenvalue weighted by Crippen LogP contribution is -2.42. The molecule has 0 atom stereocenters. The minimum absolute atomic E-state index is 0.266. The zero-order valence-corrected chi connectivity index (χ0v) is 14.4. The molecule has 6 nitrogen and oxygen atoms in total. The van der Waals surface area contributed by atoms with Gasteiger partial charge >= 0.3 is 0 Å². The summed E-state index contributed by atoms with van der Waals surface area (Å²) < 4.78 is 7.52. The maximum absolute atomic E-state index is 12.6. The molecule has 1 amide bonds. The molecule has 0 bridgehead atoms. The van der Waals surface area contributed by atoms with E-state index in [2.05, 4.69) is 15.4 Å². The first-order chi connectivity index (χ1) is 12.0. The number of hydrogen-bond acceptors (Lipinski definition) is 4. The van der Waals surface area contributed by atoms with Crippen LogP contribution in [0.2, 0.25) is 0 Å². The fourth-order valence-electron chi connectivity index (χ4n) is 2.28. The van der Waals surface area contributed by atoms with Crippen molar-refractivity contribution in [2.45, 2.75) is 26.4 Å². The van der Waals surface area contributed by atoms with Crippen LogP contribution in [0.1, 0.15) is 19.5 Å². The first-order valence-electron chi connectivity index (χ1n) is 7.99. The van der Waals surface area contributed by atoms with E-state index in [0.717, 1.165) is 11.4 Å². The number of rotatable bonds is 5. The highest BCUT2D eigenvalue weighted by Crippen LogP contribution is 2.20. The number of nitrogens with zero attached hydrogens (tertiary/aromatic N) is 3. The molecule has 3 rings (SSSR count). The van der Waals surface area contributed by atoms with Crippen molar-refractivity contribution in [1.29, 1.82) is 0 Å². The zero-order chi connectivity index (χ0) is 17.9. The summed E-state index contributed by atoms with van der Waals surface area (Å²) in [5, 5.41) is 7.22. The molecule has 0 unspecified atom stereocenters. The van der Waals surface area contributed by atoms with Gasteiger partial charge in [-0.3, -0.25) is 9.78 Å². The highest BCUT2D eigenvalue weighted by atomic mass is 16.5. The van der Waals surface area contributed by atoms with Crippen LogP contribution in [0.5, 0.6) is 5.88 Å². The molecule has 3 aromatic rings. The summed E-state index contributed by atoms with van der Waals surface area (Å²) in [5.41, 5.74) is 1.25. The molecule has 2 heterocycles. The minimum atomic E-state index is -1.09. The summed E-state index contributed by atoms with van der Waals surface area (Å²) in [7, 11) is 0. The van der Waals surface area contributed by atoms with Crippen molar-refractivity contribution in [1.82, 2.24) is 14.8 Å². The first kappa shape index (κ1) is 16.7. The number of pyridine rings is 1. The molecular formula is C19H20N4O2. The SMILES string of the molecule is Cc1ncccc1NC(=O)C(C)(C)Oc1ccn(-c2ccccc2)n1. The van der Waals surface area contributed by atoms with Crippen LogP contribution in [0.15, 0.2) is 60.9 Å². The Morgan fingerprint density at radius 2 is 1.88 bits per heavy atom. The number of amides is 1. The van der Waals surface area contributed by atoms with Crippen LogP contribution in [-0.2, 0) is 4.79 Å². The number of carbonyl (C=O) groups excluding carboxylic acids is 1. The third kappa shape index (κ3) is 3.85. The van der Waals surface area contributed by atoms with E-state index in [4.69, 9.17) is 4.74 Å². The van der Waals surface area contributed by atoms with Crippen LogP contribution in [0.4, 0.5) is 5.69 Å². The number of aryl methyl sites for hydroxylation is 1. The number of nitrogens with one attached hydrogen (secondary N) is 1. The predicted octanol–water partition coefficient (Wildman–Crippen LogP) is 3.37. The van der Waals surface area contributed by atoms with Gasteiger partial charge < -0.3 is 10.1 Å². The number of aromatic nitrogens is 3. The third-order valence-corrected chi connectivity index (χ3v) is 3.75.